The Balaban J connectivity index is 2.33. The molecule has 0 aromatic heterocycles. The minimum atomic E-state index is 0.484. The van der Waals surface area contributed by atoms with Gasteiger partial charge < -0.3 is 14.8 Å². The highest BCUT2D eigenvalue weighted by atomic mass is 16.5. The van der Waals surface area contributed by atoms with Crippen molar-refractivity contribution in [1.82, 2.24) is 10.2 Å². The summed E-state index contributed by atoms with van der Waals surface area (Å²) in [5.41, 5.74) is 0. The molecule has 1 fully saturated rings. The second-order valence-corrected chi connectivity index (χ2v) is 4.32. The topological polar surface area (TPSA) is 33.7 Å². The van der Waals surface area contributed by atoms with Crippen molar-refractivity contribution in [3.63, 3.8) is 0 Å². The van der Waals surface area contributed by atoms with Crippen LogP contribution in [-0.2, 0) is 9.47 Å². The number of hydrogen-bond donors (Lipinski definition) is 1. The van der Waals surface area contributed by atoms with Crippen molar-refractivity contribution in [3.05, 3.63) is 0 Å². The van der Waals surface area contributed by atoms with E-state index in [0.717, 1.165) is 52.4 Å². The third-order valence-electron chi connectivity index (χ3n) is 2.94. The molecule has 0 aliphatic carbocycles. The summed E-state index contributed by atoms with van der Waals surface area (Å²) >= 11 is 0. The van der Waals surface area contributed by atoms with Gasteiger partial charge >= 0.3 is 0 Å². The van der Waals surface area contributed by atoms with Crippen LogP contribution in [0.3, 0.4) is 0 Å². The summed E-state index contributed by atoms with van der Waals surface area (Å²) in [6.45, 7) is 9.01. The molecule has 0 saturated carbocycles. The van der Waals surface area contributed by atoms with Gasteiger partial charge in [-0.15, -0.1) is 0 Å². The monoisotopic (exact) mass is 230 g/mol. The predicted molar refractivity (Wildman–Crippen MR) is 65.8 cm³/mol. The van der Waals surface area contributed by atoms with E-state index in [9.17, 15) is 0 Å². The van der Waals surface area contributed by atoms with Crippen molar-refractivity contribution in [1.29, 1.82) is 0 Å². The van der Waals surface area contributed by atoms with Gasteiger partial charge in [0.2, 0.25) is 0 Å². The molecule has 16 heavy (non-hydrogen) atoms. The lowest BCUT2D eigenvalue weighted by molar-refractivity contribution is 0.0825. The van der Waals surface area contributed by atoms with E-state index < -0.39 is 0 Å². The van der Waals surface area contributed by atoms with Gasteiger partial charge in [0.15, 0.2) is 0 Å². The lowest BCUT2D eigenvalue weighted by atomic mass is 10.2. The van der Waals surface area contributed by atoms with Crippen LogP contribution >= 0.6 is 0 Å². The summed E-state index contributed by atoms with van der Waals surface area (Å²) in [4.78, 5) is 2.49. The smallest absolute Gasteiger partial charge is 0.0630 e. The number of nitrogens with zero attached hydrogens (tertiary/aromatic N) is 1. The normalized spacial score (nSPS) is 20.6. The molecule has 1 aliphatic heterocycles. The van der Waals surface area contributed by atoms with E-state index in [4.69, 9.17) is 9.47 Å². The first kappa shape index (κ1) is 13.9. The molecule has 0 aromatic rings. The third-order valence-corrected chi connectivity index (χ3v) is 2.94. The summed E-state index contributed by atoms with van der Waals surface area (Å²) in [6, 6.07) is 0.484. The first-order valence-corrected chi connectivity index (χ1v) is 6.40. The molecular formula is C12H26N2O2. The molecular weight excluding hydrogens is 204 g/mol. The van der Waals surface area contributed by atoms with E-state index in [1.165, 1.54) is 6.42 Å². The Morgan fingerprint density at radius 2 is 2.25 bits per heavy atom. The molecule has 4 heteroatoms. The quantitative estimate of drug-likeness (QED) is 0.654. The van der Waals surface area contributed by atoms with Gasteiger partial charge in [-0.3, -0.25) is 4.90 Å². The second kappa shape index (κ2) is 8.93. The zero-order valence-corrected chi connectivity index (χ0v) is 10.7. The van der Waals surface area contributed by atoms with Crippen LogP contribution in [0.2, 0.25) is 0 Å². The average Bonchev–Trinajstić information content (AvgIpc) is 2.57. The summed E-state index contributed by atoms with van der Waals surface area (Å²) in [7, 11) is 1.78. The number of hydrogen-bond acceptors (Lipinski definition) is 4. The molecule has 1 rings (SSSR count). The summed E-state index contributed by atoms with van der Waals surface area (Å²) in [5, 5.41) is 3.48. The van der Waals surface area contributed by atoms with Crippen LogP contribution in [0.15, 0.2) is 0 Å². The lowest BCUT2D eigenvalue weighted by Crippen LogP contribution is -2.46. The molecule has 96 valence electrons. The largest absolute Gasteiger partial charge is 0.383 e. The molecule has 1 atom stereocenters. The zero-order valence-electron chi connectivity index (χ0n) is 10.7. The van der Waals surface area contributed by atoms with Crippen molar-refractivity contribution in [2.45, 2.75) is 25.8 Å². The fourth-order valence-electron chi connectivity index (χ4n) is 2.06. The number of rotatable bonds is 7. The van der Waals surface area contributed by atoms with E-state index in [1.807, 2.05) is 0 Å². The molecule has 1 unspecified atom stereocenters. The van der Waals surface area contributed by atoms with Crippen molar-refractivity contribution < 1.29 is 9.47 Å². The van der Waals surface area contributed by atoms with Gasteiger partial charge in [0, 0.05) is 39.4 Å². The zero-order chi connectivity index (χ0) is 11.6. The van der Waals surface area contributed by atoms with Crippen LogP contribution in [0.25, 0.3) is 0 Å². The highest BCUT2D eigenvalue weighted by Crippen LogP contribution is 2.05. The Labute approximate surface area is 99.3 Å². The third kappa shape index (κ3) is 5.25. The molecule has 1 saturated heterocycles. The highest BCUT2D eigenvalue weighted by molar-refractivity contribution is 4.75. The molecule has 1 heterocycles. The van der Waals surface area contributed by atoms with Gasteiger partial charge in [-0.2, -0.15) is 0 Å². The molecule has 0 bridgehead atoms. The standard InChI is InChI=1S/C12H26N2O2/c1-3-5-13-10-12(11-15-2)14-6-4-8-16-9-7-14/h12-13H,3-11H2,1-2H3. The fraction of sp³-hybridized carbons (Fsp3) is 1.00. The Morgan fingerprint density at radius 1 is 1.38 bits per heavy atom. The Hall–Kier alpha value is -0.160. The second-order valence-electron chi connectivity index (χ2n) is 4.32. The van der Waals surface area contributed by atoms with Crippen LogP contribution in [0, 0.1) is 0 Å². The maximum atomic E-state index is 5.48. The van der Waals surface area contributed by atoms with E-state index >= 15 is 0 Å². The van der Waals surface area contributed by atoms with Crippen molar-refractivity contribution >= 4 is 0 Å². The molecule has 0 radical (unpaired) electrons. The Bertz CT molecular complexity index is 159. The summed E-state index contributed by atoms with van der Waals surface area (Å²) in [6.07, 6.45) is 2.32. The van der Waals surface area contributed by atoms with Gasteiger partial charge in [-0.25, -0.2) is 0 Å². The van der Waals surface area contributed by atoms with E-state index in [0.29, 0.717) is 6.04 Å². The van der Waals surface area contributed by atoms with Crippen molar-refractivity contribution in [2.24, 2.45) is 0 Å². The molecule has 0 amide bonds. The molecule has 1 aliphatic rings. The van der Waals surface area contributed by atoms with Crippen molar-refractivity contribution in [3.8, 4) is 0 Å². The molecule has 0 aromatic carbocycles. The minimum Gasteiger partial charge on any atom is -0.383 e. The van der Waals surface area contributed by atoms with Gasteiger partial charge in [0.1, 0.15) is 0 Å². The van der Waals surface area contributed by atoms with Gasteiger partial charge in [-0.1, -0.05) is 6.92 Å². The highest BCUT2D eigenvalue weighted by Gasteiger charge is 2.19. The maximum Gasteiger partial charge on any atom is 0.0630 e. The van der Waals surface area contributed by atoms with Crippen LogP contribution in [0.1, 0.15) is 19.8 Å². The number of nitrogens with one attached hydrogen (secondary N) is 1. The number of methoxy groups -OCH3 is 1. The first-order valence-electron chi connectivity index (χ1n) is 6.40. The van der Waals surface area contributed by atoms with E-state index in [2.05, 4.69) is 17.1 Å². The number of ether oxygens (including phenoxy) is 2. The van der Waals surface area contributed by atoms with Crippen LogP contribution in [0.4, 0.5) is 0 Å². The average molecular weight is 230 g/mol. The molecule has 4 nitrogen and oxygen atoms in total. The van der Waals surface area contributed by atoms with Gasteiger partial charge in [0.05, 0.1) is 13.2 Å². The summed E-state index contributed by atoms with van der Waals surface area (Å²) in [5.74, 6) is 0. The fourth-order valence-corrected chi connectivity index (χ4v) is 2.06. The SMILES string of the molecule is CCCNCC(COC)N1CCCOCC1. The van der Waals surface area contributed by atoms with Crippen LogP contribution in [0.5, 0.6) is 0 Å². The van der Waals surface area contributed by atoms with Gasteiger partial charge in [0.25, 0.3) is 0 Å². The van der Waals surface area contributed by atoms with Gasteiger partial charge in [-0.05, 0) is 19.4 Å². The first-order chi connectivity index (χ1) is 7.88. The molecule has 1 N–H and O–H groups in total. The predicted octanol–water partition coefficient (Wildman–Crippen LogP) is 0.723. The minimum absolute atomic E-state index is 0.484. The molecule has 0 spiro atoms. The van der Waals surface area contributed by atoms with E-state index in [-0.39, 0.29) is 0 Å². The Morgan fingerprint density at radius 3 is 3.00 bits per heavy atom. The summed E-state index contributed by atoms with van der Waals surface area (Å²) < 4.78 is 10.8. The van der Waals surface area contributed by atoms with Crippen molar-refractivity contribution in [2.75, 3.05) is 53.1 Å². The lowest BCUT2D eigenvalue weighted by Gasteiger charge is -2.29. The maximum absolute atomic E-state index is 5.48. The van der Waals surface area contributed by atoms with E-state index in [1.54, 1.807) is 7.11 Å². The van der Waals surface area contributed by atoms with Crippen LogP contribution < -0.4 is 5.32 Å². The Kier molecular flexibility index (Phi) is 7.76. The van der Waals surface area contributed by atoms with Crippen LogP contribution in [-0.4, -0.2) is 64.1 Å².